The number of thiophene rings is 1. The third-order valence-corrected chi connectivity index (χ3v) is 3.78. The molecule has 1 aromatic carbocycles. The van der Waals surface area contributed by atoms with E-state index in [1.54, 1.807) is 35.6 Å². The largest absolute Gasteiger partial charge is 0.491 e. The van der Waals surface area contributed by atoms with E-state index in [0.717, 1.165) is 17.7 Å². The minimum Gasteiger partial charge on any atom is -0.491 e. The molecule has 0 aliphatic rings. The van der Waals surface area contributed by atoms with E-state index in [1.165, 1.54) is 4.88 Å². The number of ether oxygens (including phenoxy) is 2. The molecule has 1 heterocycles. The van der Waals surface area contributed by atoms with Crippen LogP contribution in [0.1, 0.15) is 10.4 Å². The molecule has 1 N–H and O–H groups in total. The van der Waals surface area contributed by atoms with Gasteiger partial charge in [0, 0.05) is 11.3 Å². The third kappa shape index (κ3) is 5.97. The number of carboxylic acid groups (broad SMARTS) is 1. The first kappa shape index (κ1) is 15.5. The highest BCUT2D eigenvalue weighted by molar-refractivity contribution is 7.09. The van der Waals surface area contributed by atoms with E-state index < -0.39 is 5.97 Å². The first-order valence-corrected chi connectivity index (χ1v) is 7.65. The van der Waals surface area contributed by atoms with Crippen molar-refractivity contribution in [2.45, 2.75) is 12.8 Å². The molecule has 2 aromatic rings. The molecule has 0 unspecified atom stereocenters. The molecule has 0 aliphatic heterocycles. The van der Waals surface area contributed by atoms with Gasteiger partial charge in [0.1, 0.15) is 12.4 Å². The first-order chi connectivity index (χ1) is 10.2. The Kier molecular flexibility index (Phi) is 6.24. The number of hydrogen-bond donors (Lipinski definition) is 1. The van der Waals surface area contributed by atoms with Crippen molar-refractivity contribution in [3.05, 3.63) is 52.2 Å². The van der Waals surface area contributed by atoms with Crippen molar-refractivity contribution in [2.75, 3.05) is 19.8 Å². The highest BCUT2D eigenvalue weighted by Crippen LogP contribution is 2.12. The van der Waals surface area contributed by atoms with Crippen molar-refractivity contribution < 1.29 is 19.4 Å². The lowest BCUT2D eigenvalue weighted by Gasteiger charge is -2.07. The summed E-state index contributed by atoms with van der Waals surface area (Å²) in [5, 5.41) is 10.7. The van der Waals surface area contributed by atoms with Gasteiger partial charge in [0.05, 0.1) is 19.6 Å². The molecule has 0 saturated carbocycles. The lowest BCUT2D eigenvalue weighted by atomic mass is 10.1. The van der Waals surface area contributed by atoms with Gasteiger partial charge in [0.2, 0.25) is 0 Å². The van der Waals surface area contributed by atoms with Crippen LogP contribution in [0.5, 0.6) is 5.75 Å². The zero-order valence-electron chi connectivity index (χ0n) is 11.7. The molecule has 5 heteroatoms. The molecule has 112 valence electrons. The van der Waals surface area contributed by atoms with Gasteiger partial charge in [-0.15, -0.1) is 11.3 Å². The van der Waals surface area contributed by atoms with E-state index in [-0.39, 0.29) is 6.42 Å². The SMILES string of the molecule is O=C(O)Cc1ccc(OCCOCCc2cccs2)cc1. The smallest absolute Gasteiger partial charge is 0.307 e. The van der Waals surface area contributed by atoms with E-state index in [1.807, 2.05) is 6.07 Å². The second-order valence-electron chi connectivity index (χ2n) is 4.50. The molecular formula is C16H18O4S. The molecule has 4 nitrogen and oxygen atoms in total. The van der Waals surface area contributed by atoms with Gasteiger partial charge in [-0.05, 0) is 29.1 Å². The van der Waals surface area contributed by atoms with Gasteiger partial charge in [0.15, 0.2) is 0 Å². The molecule has 1 aromatic heterocycles. The van der Waals surface area contributed by atoms with Crippen LogP contribution in [0.25, 0.3) is 0 Å². The minimum absolute atomic E-state index is 0.0338. The first-order valence-electron chi connectivity index (χ1n) is 6.78. The number of rotatable bonds is 9. The molecular weight excluding hydrogens is 288 g/mol. The molecule has 0 amide bonds. The Bertz CT molecular complexity index is 534. The number of aliphatic carboxylic acids is 1. The van der Waals surface area contributed by atoms with Crippen LogP contribution in [0.2, 0.25) is 0 Å². The van der Waals surface area contributed by atoms with E-state index in [2.05, 4.69) is 11.4 Å². The Morgan fingerprint density at radius 2 is 1.90 bits per heavy atom. The van der Waals surface area contributed by atoms with Gasteiger partial charge in [-0.1, -0.05) is 18.2 Å². The number of benzene rings is 1. The van der Waals surface area contributed by atoms with Gasteiger partial charge in [-0.2, -0.15) is 0 Å². The number of hydrogen-bond acceptors (Lipinski definition) is 4. The van der Waals surface area contributed by atoms with Crippen molar-refractivity contribution in [1.82, 2.24) is 0 Å². The standard InChI is InChI=1S/C16H18O4S/c17-16(18)12-13-3-5-14(6-4-13)20-10-9-19-8-7-15-2-1-11-21-15/h1-6,11H,7-10,12H2,(H,17,18). The fraction of sp³-hybridized carbons (Fsp3) is 0.312. The van der Waals surface area contributed by atoms with Crippen LogP contribution in [0.15, 0.2) is 41.8 Å². The Labute approximate surface area is 128 Å². The molecule has 0 saturated heterocycles. The highest BCUT2D eigenvalue weighted by Gasteiger charge is 2.01. The van der Waals surface area contributed by atoms with Gasteiger partial charge < -0.3 is 14.6 Å². The maximum Gasteiger partial charge on any atom is 0.307 e. The van der Waals surface area contributed by atoms with Crippen molar-refractivity contribution in [2.24, 2.45) is 0 Å². The predicted molar refractivity (Wildman–Crippen MR) is 82.1 cm³/mol. The Balaban J connectivity index is 1.59. The van der Waals surface area contributed by atoms with Crippen LogP contribution in [-0.2, 0) is 22.4 Å². The third-order valence-electron chi connectivity index (χ3n) is 2.85. The zero-order chi connectivity index (χ0) is 14.9. The highest BCUT2D eigenvalue weighted by atomic mass is 32.1. The van der Waals surface area contributed by atoms with Gasteiger partial charge in [-0.25, -0.2) is 0 Å². The Hall–Kier alpha value is -1.85. The van der Waals surface area contributed by atoms with E-state index in [4.69, 9.17) is 14.6 Å². The van der Waals surface area contributed by atoms with Crippen LogP contribution < -0.4 is 4.74 Å². The van der Waals surface area contributed by atoms with Gasteiger partial charge in [-0.3, -0.25) is 4.79 Å². The van der Waals surface area contributed by atoms with Crippen LogP contribution >= 0.6 is 11.3 Å². The maximum absolute atomic E-state index is 10.6. The summed E-state index contributed by atoms with van der Waals surface area (Å²) in [7, 11) is 0. The molecule has 0 bridgehead atoms. The van der Waals surface area contributed by atoms with Crippen LogP contribution in [-0.4, -0.2) is 30.9 Å². The average Bonchev–Trinajstić information content (AvgIpc) is 2.97. The lowest BCUT2D eigenvalue weighted by Crippen LogP contribution is -2.08. The van der Waals surface area contributed by atoms with E-state index >= 15 is 0 Å². The van der Waals surface area contributed by atoms with Crippen LogP contribution in [0.4, 0.5) is 0 Å². The Morgan fingerprint density at radius 3 is 2.57 bits per heavy atom. The fourth-order valence-corrected chi connectivity index (χ4v) is 2.52. The maximum atomic E-state index is 10.6. The predicted octanol–water partition coefficient (Wildman–Crippen LogP) is 3.01. The zero-order valence-corrected chi connectivity index (χ0v) is 12.5. The second kappa shape index (κ2) is 8.44. The quantitative estimate of drug-likeness (QED) is 0.724. The summed E-state index contributed by atoms with van der Waals surface area (Å²) in [5.41, 5.74) is 0.766. The summed E-state index contributed by atoms with van der Waals surface area (Å²) in [6.45, 7) is 1.73. The second-order valence-corrected chi connectivity index (χ2v) is 5.54. The van der Waals surface area contributed by atoms with Crippen molar-refractivity contribution in [3.8, 4) is 5.75 Å². The molecule has 21 heavy (non-hydrogen) atoms. The molecule has 2 rings (SSSR count). The van der Waals surface area contributed by atoms with E-state index in [9.17, 15) is 4.79 Å². The topological polar surface area (TPSA) is 55.8 Å². The Morgan fingerprint density at radius 1 is 1.10 bits per heavy atom. The lowest BCUT2D eigenvalue weighted by molar-refractivity contribution is -0.136. The molecule has 0 atom stereocenters. The molecule has 0 aliphatic carbocycles. The minimum atomic E-state index is -0.831. The van der Waals surface area contributed by atoms with Gasteiger partial charge in [0.25, 0.3) is 0 Å². The fourth-order valence-electron chi connectivity index (χ4n) is 1.83. The summed E-state index contributed by atoms with van der Waals surface area (Å²) in [4.78, 5) is 11.9. The van der Waals surface area contributed by atoms with Crippen molar-refractivity contribution >= 4 is 17.3 Å². The monoisotopic (exact) mass is 306 g/mol. The summed E-state index contributed by atoms with van der Waals surface area (Å²) < 4.78 is 11.0. The number of carbonyl (C=O) groups is 1. The normalized spacial score (nSPS) is 10.5. The molecule has 0 radical (unpaired) electrons. The average molecular weight is 306 g/mol. The van der Waals surface area contributed by atoms with Crippen LogP contribution in [0.3, 0.4) is 0 Å². The van der Waals surface area contributed by atoms with Gasteiger partial charge >= 0.3 is 5.97 Å². The summed E-state index contributed by atoms with van der Waals surface area (Å²) >= 11 is 1.74. The molecule has 0 fully saturated rings. The van der Waals surface area contributed by atoms with Crippen molar-refractivity contribution in [1.29, 1.82) is 0 Å². The van der Waals surface area contributed by atoms with Crippen LogP contribution in [0, 0.1) is 0 Å². The molecule has 0 spiro atoms. The summed E-state index contributed by atoms with van der Waals surface area (Å²) in [6, 6.07) is 11.2. The van der Waals surface area contributed by atoms with E-state index in [0.29, 0.717) is 19.8 Å². The van der Waals surface area contributed by atoms with Crippen molar-refractivity contribution in [3.63, 3.8) is 0 Å². The number of carboxylic acids is 1. The summed E-state index contributed by atoms with van der Waals surface area (Å²) in [5.74, 6) is -0.103. The summed E-state index contributed by atoms with van der Waals surface area (Å²) in [6.07, 6.45) is 0.966.